The van der Waals surface area contributed by atoms with E-state index in [0.29, 0.717) is 28.5 Å². The summed E-state index contributed by atoms with van der Waals surface area (Å²) in [6.45, 7) is 5.39. The molecular weight excluding hydrogens is 407 g/mol. The lowest BCUT2D eigenvalue weighted by atomic mass is 10.1. The molecule has 29 heavy (non-hydrogen) atoms. The van der Waals surface area contributed by atoms with Crippen LogP contribution >= 0.6 is 11.3 Å². The van der Waals surface area contributed by atoms with Gasteiger partial charge in [-0.2, -0.15) is 18.2 Å². The van der Waals surface area contributed by atoms with Crippen LogP contribution in [0.25, 0.3) is 5.78 Å². The maximum absolute atomic E-state index is 12.9. The highest BCUT2D eigenvalue weighted by molar-refractivity contribution is 7.15. The third-order valence-electron chi connectivity index (χ3n) is 4.36. The summed E-state index contributed by atoms with van der Waals surface area (Å²) in [5, 5.41) is 15.5. The summed E-state index contributed by atoms with van der Waals surface area (Å²) >= 11 is 1.34. The molecule has 0 aliphatic rings. The Labute approximate surface area is 168 Å². The second-order valence-corrected chi connectivity index (χ2v) is 7.62. The number of halogens is 3. The molecule has 12 heteroatoms. The zero-order valence-electron chi connectivity index (χ0n) is 16.2. The molecule has 1 N–H and O–H groups in total. The van der Waals surface area contributed by atoms with E-state index in [9.17, 15) is 18.0 Å². The van der Waals surface area contributed by atoms with Crippen LogP contribution in [0.1, 0.15) is 54.0 Å². The minimum absolute atomic E-state index is 0.117. The van der Waals surface area contributed by atoms with E-state index in [1.165, 1.54) is 11.3 Å². The van der Waals surface area contributed by atoms with Gasteiger partial charge < -0.3 is 5.32 Å². The first-order valence-corrected chi connectivity index (χ1v) is 9.93. The SMILES string of the molecule is CCCCc1nnc(NC(=O)CCc2c(C)nc3nc(C(F)(F)F)nn3c2C)s1. The van der Waals surface area contributed by atoms with Crippen LogP contribution in [0, 0.1) is 13.8 Å². The minimum atomic E-state index is -4.65. The van der Waals surface area contributed by atoms with Gasteiger partial charge in [-0.15, -0.1) is 15.3 Å². The molecule has 3 rings (SSSR count). The Morgan fingerprint density at radius 2 is 1.93 bits per heavy atom. The summed E-state index contributed by atoms with van der Waals surface area (Å²) in [6, 6.07) is 0. The van der Waals surface area contributed by atoms with E-state index in [1.54, 1.807) is 13.8 Å². The molecule has 0 saturated heterocycles. The summed E-state index contributed by atoms with van der Waals surface area (Å²) in [4.78, 5) is 19.8. The number of aryl methyl sites for hydroxylation is 3. The molecule has 3 heterocycles. The zero-order chi connectivity index (χ0) is 21.2. The van der Waals surface area contributed by atoms with E-state index >= 15 is 0 Å². The van der Waals surface area contributed by atoms with Crippen LogP contribution < -0.4 is 5.32 Å². The van der Waals surface area contributed by atoms with Gasteiger partial charge in [-0.3, -0.25) is 4.79 Å². The molecule has 1 amide bonds. The number of amides is 1. The molecule has 0 aromatic carbocycles. The Kier molecular flexibility index (Phi) is 6.10. The summed E-state index contributed by atoms with van der Waals surface area (Å²) in [5.41, 5.74) is 1.65. The molecule has 0 atom stereocenters. The Morgan fingerprint density at radius 1 is 1.17 bits per heavy atom. The van der Waals surface area contributed by atoms with Gasteiger partial charge in [-0.05, 0) is 32.3 Å². The van der Waals surface area contributed by atoms with E-state index in [1.807, 2.05) is 0 Å². The van der Waals surface area contributed by atoms with Crippen LogP contribution in [-0.4, -0.2) is 35.7 Å². The molecule has 0 radical (unpaired) electrons. The van der Waals surface area contributed by atoms with Gasteiger partial charge >= 0.3 is 6.18 Å². The molecule has 0 fully saturated rings. The number of hydrogen-bond acceptors (Lipinski definition) is 7. The van der Waals surface area contributed by atoms with Crippen molar-refractivity contribution >= 4 is 28.2 Å². The molecule has 0 bridgehead atoms. The summed E-state index contributed by atoms with van der Waals surface area (Å²) in [6.07, 6.45) is -1.34. The van der Waals surface area contributed by atoms with Crippen molar-refractivity contribution in [1.82, 2.24) is 29.8 Å². The number of alkyl halides is 3. The lowest BCUT2D eigenvalue weighted by Crippen LogP contribution is -2.14. The normalized spacial score (nSPS) is 11.9. The Morgan fingerprint density at radius 3 is 2.62 bits per heavy atom. The highest BCUT2D eigenvalue weighted by atomic mass is 32.1. The summed E-state index contributed by atoms with van der Waals surface area (Å²) in [7, 11) is 0. The van der Waals surface area contributed by atoms with E-state index in [4.69, 9.17) is 0 Å². The van der Waals surface area contributed by atoms with E-state index in [-0.39, 0.29) is 18.1 Å². The van der Waals surface area contributed by atoms with Crippen LogP contribution in [0.4, 0.5) is 18.3 Å². The number of carbonyl (C=O) groups is 1. The first-order chi connectivity index (χ1) is 13.7. The van der Waals surface area contributed by atoms with Crippen LogP contribution in [0.2, 0.25) is 0 Å². The van der Waals surface area contributed by atoms with Crippen molar-refractivity contribution in [3.8, 4) is 0 Å². The summed E-state index contributed by atoms with van der Waals surface area (Å²) < 4.78 is 39.6. The highest BCUT2D eigenvalue weighted by Gasteiger charge is 2.36. The van der Waals surface area contributed by atoms with Crippen LogP contribution in [-0.2, 0) is 23.8 Å². The van der Waals surface area contributed by atoms with E-state index in [0.717, 1.165) is 28.8 Å². The molecule has 156 valence electrons. The number of anilines is 1. The fourth-order valence-electron chi connectivity index (χ4n) is 2.84. The number of nitrogens with one attached hydrogen (secondary N) is 1. The summed E-state index contributed by atoms with van der Waals surface area (Å²) in [5.74, 6) is -1.61. The molecule has 8 nitrogen and oxygen atoms in total. The average Bonchev–Trinajstić information content (AvgIpc) is 3.26. The molecule has 0 saturated carbocycles. The Bertz CT molecular complexity index is 1030. The van der Waals surface area contributed by atoms with Gasteiger partial charge in [0.2, 0.25) is 11.0 Å². The van der Waals surface area contributed by atoms with Crippen LogP contribution in [0.15, 0.2) is 0 Å². The van der Waals surface area contributed by atoms with Crippen molar-refractivity contribution in [2.24, 2.45) is 0 Å². The van der Waals surface area contributed by atoms with Gasteiger partial charge in [0.1, 0.15) is 5.01 Å². The Hall–Kier alpha value is -2.63. The predicted octanol–water partition coefficient (Wildman–Crippen LogP) is 3.53. The fraction of sp³-hybridized carbons (Fsp3) is 0.529. The molecular formula is C17H20F3N7OS. The lowest BCUT2D eigenvalue weighted by molar-refractivity contribution is -0.144. The molecule has 3 aromatic rings. The first kappa shape index (κ1) is 21.1. The lowest BCUT2D eigenvalue weighted by Gasteiger charge is -2.09. The highest BCUT2D eigenvalue weighted by Crippen LogP contribution is 2.27. The number of fused-ring (bicyclic) bond motifs is 1. The maximum Gasteiger partial charge on any atom is 0.453 e. The second-order valence-electron chi connectivity index (χ2n) is 6.56. The van der Waals surface area contributed by atoms with Gasteiger partial charge in [-0.25, -0.2) is 9.50 Å². The molecule has 0 aliphatic heterocycles. The van der Waals surface area contributed by atoms with Gasteiger partial charge in [0.15, 0.2) is 0 Å². The number of unbranched alkanes of at least 4 members (excludes halogenated alkanes) is 1. The van der Waals surface area contributed by atoms with Crippen molar-refractivity contribution in [3.05, 3.63) is 27.8 Å². The first-order valence-electron chi connectivity index (χ1n) is 9.11. The zero-order valence-corrected chi connectivity index (χ0v) is 17.0. The third kappa shape index (κ3) is 4.86. The van der Waals surface area contributed by atoms with Crippen molar-refractivity contribution in [2.75, 3.05) is 5.32 Å². The van der Waals surface area contributed by atoms with Crippen molar-refractivity contribution < 1.29 is 18.0 Å². The van der Waals surface area contributed by atoms with Crippen molar-refractivity contribution in [1.29, 1.82) is 0 Å². The standard InChI is InChI=1S/C17H20F3N7OS/c1-4-5-6-13-24-25-16(29-13)22-12(28)8-7-11-9(2)21-15-23-14(17(18,19)20)26-27(15)10(11)3/h4-8H2,1-3H3,(H,22,25,28). The average molecular weight is 427 g/mol. The minimum Gasteiger partial charge on any atom is -0.301 e. The van der Waals surface area contributed by atoms with Crippen LogP contribution in [0.5, 0.6) is 0 Å². The van der Waals surface area contributed by atoms with Crippen LogP contribution in [0.3, 0.4) is 0 Å². The predicted molar refractivity (Wildman–Crippen MR) is 101 cm³/mol. The number of aromatic nitrogens is 6. The van der Waals surface area contributed by atoms with Crippen molar-refractivity contribution in [3.63, 3.8) is 0 Å². The number of rotatable bonds is 7. The maximum atomic E-state index is 12.9. The fourth-order valence-corrected chi connectivity index (χ4v) is 3.64. The monoisotopic (exact) mass is 427 g/mol. The van der Waals surface area contributed by atoms with Gasteiger partial charge in [0.05, 0.1) is 0 Å². The molecule has 0 spiro atoms. The van der Waals surface area contributed by atoms with Gasteiger partial charge in [-0.1, -0.05) is 24.7 Å². The quantitative estimate of drug-likeness (QED) is 0.620. The van der Waals surface area contributed by atoms with Crippen molar-refractivity contribution in [2.45, 2.75) is 59.1 Å². The number of nitrogens with zero attached hydrogens (tertiary/aromatic N) is 6. The molecule has 3 aromatic heterocycles. The molecule has 0 unspecified atom stereocenters. The Balaban J connectivity index is 1.69. The topological polar surface area (TPSA) is 98.0 Å². The van der Waals surface area contributed by atoms with Gasteiger partial charge in [0.25, 0.3) is 11.6 Å². The third-order valence-corrected chi connectivity index (χ3v) is 5.26. The number of hydrogen-bond donors (Lipinski definition) is 1. The van der Waals surface area contributed by atoms with E-state index in [2.05, 4.69) is 37.5 Å². The second kappa shape index (κ2) is 8.39. The smallest absolute Gasteiger partial charge is 0.301 e. The molecule has 0 aliphatic carbocycles. The van der Waals surface area contributed by atoms with E-state index < -0.39 is 12.0 Å². The number of carbonyl (C=O) groups excluding carboxylic acids is 1. The van der Waals surface area contributed by atoms with Gasteiger partial charge in [0, 0.05) is 24.2 Å². The largest absolute Gasteiger partial charge is 0.453 e.